The van der Waals surface area contributed by atoms with E-state index in [1.165, 1.54) is 0 Å². The number of fused-ring (bicyclic) bond motifs is 3. The summed E-state index contributed by atoms with van der Waals surface area (Å²) in [5, 5.41) is 5.61. The molecule has 1 unspecified atom stereocenters. The highest BCUT2D eigenvalue weighted by atomic mass is 16.6. The van der Waals surface area contributed by atoms with E-state index in [2.05, 4.69) is 10.6 Å². The summed E-state index contributed by atoms with van der Waals surface area (Å²) in [6, 6.07) is 16.0. The summed E-state index contributed by atoms with van der Waals surface area (Å²) in [4.78, 5) is 35.9. The average molecular weight is 481 g/mol. The highest BCUT2D eigenvalue weighted by molar-refractivity contribution is 5.86. The van der Waals surface area contributed by atoms with Crippen LogP contribution in [0.2, 0.25) is 0 Å². The van der Waals surface area contributed by atoms with Gasteiger partial charge in [-0.05, 0) is 30.4 Å². The smallest absolute Gasteiger partial charge is 0.408 e. The van der Waals surface area contributed by atoms with Gasteiger partial charge < -0.3 is 20.1 Å². The molecule has 2 amide bonds. The Morgan fingerprint density at radius 3 is 2.03 bits per heavy atom. The molecule has 188 valence electrons. The molecule has 0 bridgehead atoms. The number of rotatable bonds is 14. The van der Waals surface area contributed by atoms with Gasteiger partial charge in [0.1, 0.15) is 5.78 Å². The Hall–Kier alpha value is -3.19. The maximum atomic E-state index is 12.4. The minimum Gasteiger partial charge on any atom is -0.436 e. The molecule has 2 aromatic rings. The summed E-state index contributed by atoms with van der Waals surface area (Å²) >= 11 is 0. The Bertz CT molecular complexity index is 961. The van der Waals surface area contributed by atoms with E-state index in [0.717, 1.165) is 28.7 Å². The summed E-state index contributed by atoms with van der Waals surface area (Å²) in [6.07, 6.45) is 1.85. The summed E-state index contributed by atoms with van der Waals surface area (Å²) in [6.45, 7) is 5.86. The lowest BCUT2D eigenvalue weighted by Gasteiger charge is -2.15. The molecule has 0 saturated carbocycles. The van der Waals surface area contributed by atoms with Crippen molar-refractivity contribution in [2.45, 2.75) is 52.1 Å². The van der Waals surface area contributed by atoms with Crippen molar-refractivity contribution in [2.75, 3.05) is 26.3 Å². The van der Waals surface area contributed by atoms with E-state index in [0.29, 0.717) is 45.6 Å². The standard InChI is InChI=1S/C28H36N2O5/c1-3-20(2)25(31)14-15-26(32)29-16-8-18-34-19-9-17-30-28(33)35-27-23-12-6-4-10-21(23)22-11-5-7-13-24(22)27/h4-7,10-13,20,27H,3,8-9,14-19H2,1-2H3,(H,29,32)(H,30,33). The Kier molecular flexibility index (Phi) is 10.3. The third-order valence-electron chi connectivity index (χ3n) is 6.28. The normalized spacial score (nSPS) is 13.0. The lowest BCUT2D eigenvalue weighted by Crippen LogP contribution is -2.28. The van der Waals surface area contributed by atoms with Gasteiger partial charge in [-0.3, -0.25) is 9.59 Å². The van der Waals surface area contributed by atoms with E-state index in [1.54, 1.807) is 0 Å². The van der Waals surface area contributed by atoms with Crippen LogP contribution in [0.4, 0.5) is 4.79 Å². The van der Waals surface area contributed by atoms with Crippen LogP contribution in [0.15, 0.2) is 48.5 Å². The fourth-order valence-corrected chi connectivity index (χ4v) is 4.05. The maximum Gasteiger partial charge on any atom is 0.408 e. The van der Waals surface area contributed by atoms with E-state index >= 15 is 0 Å². The van der Waals surface area contributed by atoms with Gasteiger partial charge in [0.05, 0.1) is 0 Å². The number of ether oxygens (including phenoxy) is 2. The highest BCUT2D eigenvalue weighted by Crippen LogP contribution is 2.44. The van der Waals surface area contributed by atoms with Crippen LogP contribution in [-0.2, 0) is 19.1 Å². The molecule has 1 atom stereocenters. The topological polar surface area (TPSA) is 93.7 Å². The number of carbonyl (C=O) groups excluding carboxylic acids is 3. The monoisotopic (exact) mass is 480 g/mol. The van der Waals surface area contributed by atoms with E-state index in [1.807, 2.05) is 62.4 Å². The van der Waals surface area contributed by atoms with Crippen molar-refractivity contribution in [3.05, 3.63) is 59.7 Å². The van der Waals surface area contributed by atoms with Crippen molar-refractivity contribution < 1.29 is 23.9 Å². The number of nitrogens with one attached hydrogen (secondary N) is 2. The molecular formula is C28H36N2O5. The van der Waals surface area contributed by atoms with E-state index in [9.17, 15) is 14.4 Å². The van der Waals surface area contributed by atoms with Crippen LogP contribution < -0.4 is 10.6 Å². The Morgan fingerprint density at radius 2 is 1.43 bits per heavy atom. The van der Waals surface area contributed by atoms with Crippen molar-refractivity contribution in [2.24, 2.45) is 5.92 Å². The second-order valence-electron chi connectivity index (χ2n) is 8.83. The molecule has 7 nitrogen and oxygen atoms in total. The molecule has 0 radical (unpaired) electrons. The second-order valence-corrected chi connectivity index (χ2v) is 8.83. The molecule has 0 aromatic heterocycles. The lowest BCUT2D eigenvalue weighted by atomic mass is 10.00. The fraction of sp³-hybridized carbons (Fsp3) is 0.464. The predicted octanol–water partition coefficient (Wildman–Crippen LogP) is 4.79. The molecule has 0 spiro atoms. The number of hydrogen-bond acceptors (Lipinski definition) is 5. The largest absolute Gasteiger partial charge is 0.436 e. The highest BCUT2D eigenvalue weighted by Gasteiger charge is 2.30. The van der Waals surface area contributed by atoms with Crippen LogP contribution in [0.25, 0.3) is 11.1 Å². The Morgan fingerprint density at radius 1 is 0.857 bits per heavy atom. The van der Waals surface area contributed by atoms with Crippen molar-refractivity contribution in [3.8, 4) is 11.1 Å². The molecule has 35 heavy (non-hydrogen) atoms. The van der Waals surface area contributed by atoms with Crippen molar-refractivity contribution >= 4 is 17.8 Å². The third-order valence-corrected chi connectivity index (χ3v) is 6.28. The molecule has 7 heteroatoms. The molecule has 0 aliphatic heterocycles. The van der Waals surface area contributed by atoms with Gasteiger partial charge in [0.25, 0.3) is 0 Å². The zero-order chi connectivity index (χ0) is 25.0. The van der Waals surface area contributed by atoms with Gasteiger partial charge in [-0.1, -0.05) is 62.4 Å². The average Bonchev–Trinajstić information content (AvgIpc) is 3.19. The van der Waals surface area contributed by atoms with Crippen molar-refractivity contribution in [1.82, 2.24) is 10.6 Å². The summed E-state index contributed by atoms with van der Waals surface area (Å²) < 4.78 is 11.3. The first-order valence-corrected chi connectivity index (χ1v) is 12.5. The van der Waals surface area contributed by atoms with Crippen LogP contribution in [0.5, 0.6) is 0 Å². The van der Waals surface area contributed by atoms with Crippen LogP contribution in [0, 0.1) is 5.92 Å². The van der Waals surface area contributed by atoms with Crippen molar-refractivity contribution in [1.29, 1.82) is 0 Å². The quantitative estimate of drug-likeness (QED) is 0.379. The number of ketones is 1. The molecule has 0 saturated heterocycles. The summed E-state index contributed by atoms with van der Waals surface area (Å²) in [5.74, 6) is 0.0573. The molecule has 2 N–H and O–H groups in total. The number of hydrogen-bond donors (Lipinski definition) is 2. The van der Waals surface area contributed by atoms with Gasteiger partial charge in [-0.25, -0.2) is 4.79 Å². The molecule has 0 heterocycles. The van der Waals surface area contributed by atoms with Crippen LogP contribution >= 0.6 is 0 Å². The number of amides is 2. The van der Waals surface area contributed by atoms with E-state index < -0.39 is 12.2 Å². The molecule has 1 aliphatic rings. The minimum absolute atomic E-state index is 0.0173. The SMILES string of the molecule is CCC(C)C(=O)CCC(=O)NCCCOCCCNC(=O)OC1c2ccccc2-c2ccccc21. The van der Waals surface area contributed by atoms with Gasteiger partial charge in [-0.15, -0.1) is 0 Å². The van der Waals surface area contributed by atoms with Gasteiger partial charge in [0.15, 0.2) is 6.10 Å². The maximum absolute atomic E-state index is 12.4. The third kappa shape index (κ3) is 7.65. The first-order chi connectivity index (χ1) is 17.0. The summed E-state index contributed by atoms with van der Waals surface area (Å²) in [5.41, 5.74) is 4.21. The number of carbonyl (C=O) groups is 3. The van der Waals surface area contributed by atoms with Crippen LogP contribution in [0.1, 0.15) is 63.2 Å². The molecule has 1 aliphatic carbocycles. The minimum atomic E-state index is -0.448. The van der Waals surface area contributed by atoms with Gasteiger partial charge in [0, 0.05) is 56.2 Å². The van der Waals surface area contributed by atoms with Gasteiger partial charge >= 0.3 is 6.09 Å². The van der Waals surface area contributed by atoms with Gasteiger partial charge in [-0.2, -0.15) is 0 Å². The first kappa shape index (κ1) is 26.4. The summed E-state index contributed by atoms with van der Waals surface area (Å²) in [7, 11) is 0. The fourth-order valence-electron chi connectivity index (χ4n) is 4.05. The Labute approximate surface area is 207 Å². The molecule has 2 aromatic carbocycles. The number of benzene rings is 2. The zero-order valence-corrected chi connectivity index (χ0v) is 20.7. The second kappa shape index (κ2) is 13.6. The van der Waals surface area contributed by atoms with Crippen LogP contribution in [-0.4, -0.2) is 44.1 Å². The number of Topliss-reactive ketones (excluding diaryl/α,β-unsaturated/α-hetero) is 1. The molecule has 3 rings (SSSR count). The molecule has 0 fully saturated rings. The lowest BCUT2D eigenvalue weighted by molar-refractivity contribution is -0.127. The predicted molar refractivity (Wildman–Crippen MR) is 135 cm³/mol. The first-order valence-electron chi connectivity index (χ1n) is 12.5. The van der Waals surface area contributed by atoms with Crippen LogP contribution in [0.3, 0.4) is 0 Å². The zero-order valence-electron chi connectivity index (χ0n) is 20.7. The van der Waals surface area contributed by atoms with E-state index in [4.69, 9.17) is 9.47 Å². The van der Waals surface area contributed by atoms with Crippen molar-refractivity contribution in [3.63, 3.8) is 0 Å². The number of alkyl carbamates (subject to hydrolysis) is 1. The van der Waals surface area contributed by atoms with E-state index in [-0.39, 0.29) is 24.0 Å². The van der Waals surface area contributed by atoms with Gasteiger partial charge in [0.2, 0.25) is 5.91 Å². The molecular weight excluding hydrogens is 444 g/mol. The Balaban J connectivity index is 1.24.